The summed E-state index contributed by atoms with van der Waals surface area (Å²) in [4.78, 5) is 28.8. The third-order valence-corrected chi connectivity index (χ3v) is 7.24. The van der Waals surface area contributed by atoms with Crippen LogP contribution < -0.4 is 5.32 Å². The maximum atomic E-state index is 13.7. The molecule has 0 radical (unpaired) electrons. The first-order valence-corrected chi connectivity index (χ1v) is 13.8. The second kappa shape index (κ2) is 13.3. The average molecular weight is 562 g/mol. The summed E-state index contributed by atoms with van der Waals surface area (Å²) >= 11 is 13.8. The normalized spacial score (nSPS) is 12.2. The Morgan fingerprint density at radius 3 is 2.19 bits per heavy atom. The van der Waals surface area contributed by atoms with Crippen LogP contribution in [0.25, 0.3) is 0 Å². The fourth-order valence-corrected chi connectivity index (χ4v) is 4.95. The summed E-state index contributed by atoms with van der Waals surface area (Å²) in [6.45, 7) is 5.93. The van der Waals surface area contributed by atoms with Crippen LogP contribution in [0.3, 0.4) is 0 Å². The molecule has 3 aromatic rings. The number of hydrogen-bond donors (Lipinski definition) is 1. The van der Waals surface area contributed by atoms with Crippen LogP contribution in [0.5, 0.6) is 0 Å². The maximum absolute atomic E-state index is 13.7. The standard InChI is InChI=1S/C29H31Cl2FN2O2S/c1-29(2,3)33-28(36)26(16-20-7-5-4-6-8-20)34(17-22-11-14-24(30)25(31)15-22)27(35)19-37-18-21-9-12-23(32)13-10-21/h4-15,26H,16-19H2,1-3H3,(H,33,36). The minimum Gasteiger partial charge on any atom is -0.350 e. The van der Waals surface area contributed by atoms with E-state index < -0.39 is 11.6 Å². The number of rotatable bonds is 10. The largest absolute Gasteiger partial charge is 0.350 e. The molecule has 0 bridgehead atoms. The van der Waals surface area contributed by atoms with Gasteiger partial charge in [-0.2, -0.15) is 0 Å². The number of thioether (sulfide) groups is 1. The van der Waals surface area contributed by atoms with Crippen molar-refractivity contribution >= 4 is 46.8 Å². The summed E-state index contributed by atoms with van der Waals surface area (Å²) in [6, 6.07) is 20.3. The van der Waals surface area contributed by atoms with Crippen molar-refractivity contribution in [1.29, 1.82) is 0 Å². The molecule has 1 atom stereocenters. The summed E-state index contributed by atoms with van der Waals surface area (Å²) in [5.41, 5.74) is 2.17. The Hall–Kier alpha value is -2.54. The van der Waals surface area contributed by atoms with E-state index in [4.69, 9.17) is 23.2 Å². The zero-order chi connectivity index (χ0) is 27.0. The molecule has 3 aromatic carbocycles. The predicted octanol–water partition coefficient (Wildman–Crippen LogP) is 6.92. The van der Waals surface area contributed by atoms with Gasteiger partial charge in [0, 0.05) is 24.3 Å². The number of halogens is 3. The second-order valence-corrected chi connectivity index (χ2v) is 11.6. The van der Waals surface area contributed by atoms with E-state index in [-0.39, 0.29) is 29.9 Å². The van der Waals surface area contributed by atoms with Gasteiger partial charge in [-0.05, 0) is 61.7 Å². The maximum Gasteiger partial charge on any atom is 0.243 e. The summed E-state index contributed by atoms with van der Waals surface area (Å²) in [5.74, 6) is -0.000505. The lowest BCUT2D eigenvalue weighted by atomic mass is 10.0. The fraction of sp³-hybridized carbons (Fsp3) is 0.310. The second-order valence-electron chi connectivity index (χ2n) is 9.83. The van der Waals surface area contributed by atoms with Gasteiger partial charge in [-0.3, -0.25) is 9.59 Å². The van der Waals surface area contributed by atoms with Crippen molar-refractivity contribution in [1.82, 2.24) is 10.2 Å². The minimum atomic E-state index is -0.741. The van der Waals surface area contributed by atoms with Gasteiger partial charge in [-0.15, -0.1) is 11.8 Å². The zero-order valence-electron chi connectivity index (χ0n) is 21.1. The monoisotopic (exact) mass is 560 g/mol. The van der Waals surface area contributed by atoms with Crippen LogP contribution in [0.4, 0.5) is 4.39 Å². The highest BCUT2D eigenvalue weighted by Gasteiger charge is 2.32. The lowest BCUT2D eigenvalue weighted by Gasteiger charge is -2.34. The first-order chi connectivity index (χ1) is 17.5. The van der Waals surface area contributed by atoms with Crippen molar-refractivity contribution in [2.45, 2.75) is 51.1 Å². The number of hydrogen-bond acceptors (Lipinski definition) is 3. The van der Waals surface area contributed by atoms with Crippen LogP contribution in [-0.4, -0.2) is 34.0 Å². The molecule has 1 unspecified atom stereocenters. The summed E-state index contributed by atoms with van der Waals surface area (Å²) in [6.07, 6.45) is 0.360. The van der Waals surface area contributed by atoms with Crippen molar-refractivity contribution in [3.8, 4) is 0 Å². The van der Waals surface area contributed by atoms with Gasteiger partial charge in [0.2, 0.25) is 11.8 Å². The third kappa shape index (κ3) is 9.37. The van der Waals surface area contributed by atoms with Gasteiger partial charge in [-0.25, -0.2) is 4.39 Å². The summed E-state index contributed by atoms with van der Waals surface area (Å²) < 4.78 is 13.2. The molecule has 0 saturated carbocycles. The number of carbonyl (C=O) groups is 2. The molecule has 0 saturated heterocycles. The highest BCUT2D eigenvalue weighted by molar-refractivity contribution is 7.99. The van der Waals surface area contributed by atoms with E-state index in [0.717, 1.165) is 16.7 Å². The van der Waals surface area contributed by atoms with E-state index in [1.165, 1.54) is 23.9 Å². The molecule has 0 aliphatic carbocycles. The van der Waals surface area contributed by atoms with Crippen molar-refractivity contribution in [3.63, 3.8) is 0 Å². The first-order valence-electron chi connectivity index (χ1n) is 11.9. The Morgan fingerprint density at radius 2 is 1.57 bits per heavy atom. The molecule has 8 heteroatoms. The van der Waals surface area contributed by atoms with Crippen molar-refractivity contribution in [2.75, 3.05) is 5.75 Å². The molecule has 0 fully saturated rings. The molecule has 0 aliphatic heterocycles. The highest BCUT2D eigenvalue weighted by Crippen LogP contribution is 2.25. The Balaban J connectivity index is 1.88. The van der Waals surface area contributed by atoms with Gasteiger partial charge in [0.05, 0.1) is 15.8 Å². The van der Waals surface area contributed by atoms with Gasteiger partial charge in [0.1, 0.15) is 11.9 Å². The van der Waals surface area contributed by atoms with Gasteiger partial charge >= 0.3 is 0 Å². The minimum absolute atomic E-state index is 0.160. The van der Waals surface area contributed by atoms with Crippen molar-refractivity contribution in [2.24, 2.45) is 0 Å². The smallest absolute Gasteiger partial charge is 0.243 e. The lowest BCUT2D eigenvalue weighted by molar-refractivity contribution is -0.140. The van der Waals surface area contributed by atoms with E-state index in [9.17, 15) is 14.0 Å². The van der Waals surface area contributed by atoms with E-state index >= 15 is 0 Å². The van der Waals surface area contributed by atoms with Crippen LogP contribution in [0, 0.1) is 5.82 Å². The molecule has 0 aliphatic rings. The number of benzene rings is 3. The molecule has 3 rings (SSSR count). The van der Waals surface area contributed by atoms with Crippen LogP contribution in [0.1, 0.15) is 37.5 Å². The summed E-state index contributed by atoms with van der Waals surface area (Å²) in [5, 5.41) is 3.85. The molecule has 2 amide bonds. The Kier molecular flexibility index (Phi) is 10.4. The molecular formula is C29H31Cl2FN2O2S. The molecule has 0 heterocycles. The third-order valence-electron chi connectivity index (χ3n) is 5.51. The zero-order valence-corrected chi connectivity index (χ0v) is 23.5. The number of nitrogens with one attached hydrogen (secondary N) is 1. The molecule has 0 spiro atoms. The van der Waals surface area contributed by atoms with Crippen molar-refractivity contribution < 1.29 is 14.0 Å². The lowest BCUT2D eigenvalue weighted by Crippen LogP contribution is -2.54. The predicted molar refractivity (Wildman–Crippen MR) is 151 cm³/mol. The Bertz CT molecular complexity index is 1200. The summed E-state index contributed by atoms with van der Waals surface area (Å²) in [7, 11) is 0. The topological polar surface area (TPSA) is 49.4 Å². The van der Waals surface area contributed by atoms with Gasteiger partial charge in [-0.1, -0.05) is 71.7 Å². The average Bonchev–Trinajstić information content (AvgIpc) is 2.84. The fourth-order valence-electron chi connectivity index (χ4n) is 3.76. The Morgan fingerprint density at radius 1 is 0.919 bits per heavy atom. The van der Waals surface area contributed by atoms with E-state index in [2.05, 4.69) is 5.32 Å². The highest BCUT2D eigenvalue weighted by atomic mass is 35.5. The van der Waals surface area contributed by atoms with Crippen LogP contribution >= 0.6 is 35.0 Å². The number of nitrogens with zero attached hydrogens (tertiary/aromatic N) is 1. The first kappa shape index (κ1) is 29.0. The Labute approximate surface area is 232 Å². The number of carbonyl (C=O) groups excluding carboxylic acids is 2. The van der Waals surface area contributed by atoms with Crippen LogP contribution in [0.15, 0.2) is 72.8 Å². The quantitative estimate of drug-likeness (QED) is 0.292. The van der Waals surface area contributed by atoms with Gasteiger partial charge in [0.25, 0.3) is 0 Å². The van der Waals surface area contributed by atoms with Crippen LogP contribution in [-0.2, 0) is 28.3 Å². The van der Waals surface area contributed by atoms with Gasteiger partial charge in [0.15, 0.2) is 0 Å². The molecule has 0 aromatic heterocycles. The number of amides is 2. The SMILES string of the molecule is CC(C)(C)NC(=O)C(Cc1ccccc1)N(Cc1ccc(Cl)c(Cl)c1)C(=O)CSCc1ccc(F)cc1. The van der Waals surface area contributed by atoms with Gasteiger partial charge < -0.3 is 10.2 Å². The van der Waals surface area contributed by atoms with E-state index in [1.54, 1.807) is 35.2 Å². The van der Waals surface area contributed by atoms with E-state index in [1.807, 2.05) is 51.1 Å². The molecule has 4 nitrogen and oxygen atoms in total. The van der Waals surface area contributed by atoms with Crippen LogP contribution in [0.2, 0.25) is 10.0 Å². The molecule has 37 heavy (non-hydrogen) atoms. The molecular weight excluding hydrogens is 530 g/mol. The molecule has 1 N–H and O–H groups in total. The van der Waals surface area contributed by atoms with Crippen molar-refractivity contribution in [3.05, 3.63) is 105 Å². The molecule has 196 valence electrons. The van der Waals surface area contributed by atoms with E-state index in [0.29, 0.717) is 22.2 Å².